The Morgan fingerprint density at radius 1 is 1.07 bits per heavy atom. The van der Waals surface area contributed by atoms with Gasteiger partial charge in [-0.3, -0.25) is 14.5 Å². The molecule has 4 heterocycles. The topological polar surface area (TPSA) is 105 Å². The van der Waals surface area contributed by atoms with Crippen LogP contribution in [0.15, 0.2) is 36.8 Å². The summed E-state index contributed by atoms with van der Waals surface area (Å²) in [7, 11) is 0. The van der Waals surface area contributed by atoms with Crippen molar-refractivity contribution >= 4 is 23.1 Å². The van der Waals surface area contributed by atoms with Gasteiger partial charge >= 0.3 is 0 Å². The number of aromatic nitrogens is 4. The molecule has 212 valence electrons. The third kappa shape index (κ3) is 5.74. The predicted octanol–water partition coefficient (Wildman–Crippen LogP) is 3.91. The molecule has 2 saturated carbocycles. The van der Waals surface area contributed by atoms with Crippen molar-refractivity contribution < 1.29 is 14.3 Å². The molecule has 1 atom stereocenters. The maximum absolute atomic E-state index is 13.0. The smallest absolute Gasteiger partial charge is 0.228 e. The number of hydrogen-bond donors (Lipinski definition) is 1. The number of nitrogens with zero attached hydrogens (tertiary/aromatic N) is 6. The highest BCUT2D eigenvalue weighted by molar-refractivity contribution is 5.93. The maximum Gasteiger partial charge on any atom is 0.228 e. The van der Waals surface area contributed by atoms with Gasteiger partial charge in [0.25, 0.3) is 0 Å². The highest BCUT2D eigenvalue weighted by atomic mass is 16.5. The quantitative estimate of drug-likeness (QED) is 0.458. The standard InChI is InChI=1S/C30H39N7O3/c1-3-29(38)35-10-11-36(20(2)18-35)24-13-22(14-24)30(39)33-27-15-25-12-21(8-9-37(25)34-27)23-16-31-28(32-17-23)19-40-26-6-4-5-7-26/h8-9,12,15-17,20,22,24,26H,3-7,10-11,13-14,18-19H2,1-2H3,(H,33,34,39). The summed E-state index contributed by atoms with van der Waals surface area (Å²) >= 11 is 0. The fraction of sp³-hybridized carbons (Fsp3) is 0.567. The molecule has 10 nitrogen and oxygen atoms in total. The largest absolute Gasteiger partial charge is 0.370 e. The zero-order valence-corrected chi connectivity index (χ0v) is 23.5. The minimum atomic E-state index is -0.0128. The van der Waals surface area contributed by atoms with Gasteiger partial charge in [-0.05, 0) is 50.3 Å². The number of ether oxygens (including phenoxy) is 1. The number of hydrogen-bond acceptors (Lipinski definition) is 7. The Labute approximate surface area is 235 Å². The lowest BCUT2D eigenvalue weighted by Crippen LogP contribution is -2.60. The first kappa shape index (κ1) is 26.8. The fourth-order valence-corrected chi connectivity index (χ4v) is 6.33. The maximum atomic E-state index is 13.0. The Morgan fingerprint density at radius 2 is 1.85 bits per heavy atom. The molecule has 6 rings (SSSR count). The van der Waals surface area contributed by atoms with Crippen molar-refractivity contribution in [2.45, 2.75) is 83.6 Å². The second kappa shape index (κ2) is 11.6. The molecule has 0 radical (unpaired) electrons. The highest BCUT2D eigenvalue weighted by Crippen LogP contribution is 2.35. The van der Waals surface area contributed by atoms with E-state index in [1.165, 1.54) is 12.8 Å². The third-order valence-corrected chi connectivity index (χ3v) is 8.79. The zero-order chi connectivity index (χ0) is 27.6. The molecule has 40 heavy (non-hydrogen) atoms. The van der Waals surface area contributed by atoms with E-state index in [2.05, 4.69) is 32.2 Å². The van der Waals surface area contributed by atoms with Gasteiger partial charge in [0, 0.05) is 74.3 Å². The van der Waals surface area contributed by atoms with Crippen molar-refractivity contribution in [1.82, 2.24) is 29.4 Å². The second-order valence-electron chi connectivity index (χ2n) is 11.5. The number of anilines is 1. The van der Waals surface area contributed by atoms with Gasteiger partial charge in [0.1, 0.15) is 6.61 Å². The van der Waals surface area contributed by atoms with Crippen LogP contribution in [0.1, 0.15) is 64.6 Å². The van der Waals surface area contributed by atoms with Gasteiger partial charge in [0.2, 0.25) is 11.8 Å². The van der Waals surface area contributed by atoms with E-state index >= 15 is 0 Å². The molecule has 10 heteroatoms. The number of fused-ring (bicyclic) bond motifs is 1. The summed E-state index contributed by atoms with van der Waals surface area (Å²) in [5, 5.41) is 7.57. The summed E-state index contributed by atoms with van der Waals surface area (Å²) in [4.78, 5) is 38.4. The fourth-order valence-electron chi connectivity index (χ4n) is 6.33. The molecule has 2 aliphatic carbocycles. The van der Waals surface area contributed by atoms with Crippen LogP contribution in [0.5, 0.6) is 0 Å². The molecule has 3 aromatic heterocycles. The highest BCUT2D eigenvalue weighted by Gasteiger charge is 2.41. The van der Waals surface area contributed by atoms with Gasteiger partial charge in [0.15, 0.2) is 11.6 Å². The monoisotopic (exact) mass is 545 g/mol. The molecule has 1 saturated heterocycles. The normalized spacial score (nSPS) is 23.9. The van der Waals surface area contributed by atoms with Crippen molar-refractivity contribution in [2.24, 2.45) is 5.92 Å². The summed E-state index contributed by atoms with van der Waals surface area (Å²) in [6, 6.07) is 6.62. The molecule has 2 amide bonds. The van der Waals surface area contributed by atoms with Crippen LogP contribution in [0, 0.1) is 5.92 Å². The zero-order valence-electron chi connectivity index (χ0n) is 23.5. The van der Waals surface area contributed by atoms with E-state index < -0.39 is 0 Å². The van der Waals surface area contributed by atoms with Crippen LogP contribution in [0.25, 0.3) is 16.6 Å². The van der Waals surface area contributed by atoms with Gasteiger partial charge in [-0.15, -0.1) is 0 Å². The predicted molar refractivity (Wildman–Crippen MR) is 151 cm³/mol. The Balaban J connectivity index is 1.02. The number of carbonyl (C=O) groups excluding carboxylic acids is 2. The minimum Gasteiger partial charge on any atom is -0.370 e. The molecule has 1 N–H and O–H groups in total. The van der Waals surface area contributed by atoms with E-state index in [-0.39, 0.29) is 17.7 Å². The summed E-state index contributed by atoms with van der Waals surface area (Å²) < 4.78 is 7.70. The van der Waals surface area contributed by atoms with E-state index in [9.17, 15) is 9.59 Å². The van der Waals surface area contributed by atoms with E-state index in [4.69, 9.17) is 4.74 Å². The van der Waals surface area contributed by atoms with Gasteiger partial charge in [-0.1, -0.05) is 19.8 Å². The van der Waals surface area contributed by atoms with Crippen LogP contribution in [-0.4, -0.2) is 79.0 Å². The van der Waals surface area contributed by atoms with E-state index in [1.807, 2.05) is 48.6 Å². The molecular weight excluding hydrogens is 506 g/mol. The average molecular weight is 546 g/mol. The lowest BCUT2D eigenvalue weighted by Gasteiger charge is -2.49. The molecule has 0 spiro atoms. The third-order valence-electron chi connectivity index (χ3n) is 8.79. The summed E-state index contributed by atoms with van der Waals surface area (Å²) in [6.45, 7) is 6.97. The van der Waals surface area contributed by atoms with Gasteiger partial charge in [0.05, 0.1) is 11.6 Å². The first-order valence-electron chi connectivity index (χ1n) is 14.7. The van der Waals surface area contributed by atoms with E-state index in [1.54, 1.807) is 4.52 Å². The summed E-state index contributed by atoms with van der Waals surface area (Å²) in [5.41, 5.74) is 2.81. The number of carbonyl (C=O) groups is 2. The lowest BCUT2D eigenvalue weighted by atomic mass is 9.78. The van der Waals surface area contributed by atoms with Crippen LogP contribution >= 0.6 is 0 Å². The number of piperazine rings is 1. The molecule has 3 aromatic rings. The molecule has 0 aromatic carbocycles. The van der Waals surface area contributed by atoms with Gasteiger partial charge in [-0.2, -0.15) is 5.10 Å². The lowest BCUT2D eigenvalue weighted by molar-refractivity contribution is -0.135. The first-order chi connectivity index (χ1) is 19.5. The Bertz CT molecular complexity index is 1350. The SMILES string of the molecule is CCC(=O)N1CCN(C2CC(C(=O)Nc3cc4cc(-c5cnc(COC6CCCC6)nc5)ccn4n3)C2)C(C)C1. The van der Waals surface area contributed by atoms with Gasteiger partial charge < -0.3 is 15.0 Å². The molecule has 0 bridgehead atoms. The second-order valence-corrected chi connectivity index (χ2v) is 11.5. The number of nitrogens with one attached hydrogen (secondary N) is 1. The van der Waals surface area contributed by atoms with E-state index in [0.29, 0.717) is 42.9 Å². The van der Waals surface area contributed by atoms with Crippen LogP contribution in [0.2, 0.25) is 0 Å². The van der Waals surface area contributed by atoms with Crippen LogP contribution in [-0.2, 0) is 20.9 Å². The molecule has 1 aliphatic heterocycles. The molecular formula is C30H39N7O3. The van der Waals surface area contributed by atoms with Crippen LogP contribution in [0.3, 0.4) is 0 Å². The van der Waals surface area contributed by atoms with Crippen molar-refractivity contribution in [2.75, 3.05) is 25.0 Å². The van der Waals surface area contributed by atoms with E-state index in [0.717, 1.165) is 62.0 Å². The number of amides is 2. The number of rotatable bonds is 8. The van der Waals surface area contributed by atoms with Crippen molar-refractivity contribution in [3.63, 3.8) is 0 Å². The number of pyridine rings is 1. The first-order valence-corrected chi connectivity index (χ1v) is 14.7. The van der Waals surface area contributed by atoms with Gasteiger partial charge in [-0.25, -0.2) is 14.5 Å². The van der Waals surface area contributed by atoms with Crippen molar-refractivity contribution in [1.29, 1.82) is 0 Å². The van der Waals surface area contributed by atoms with Crippen molar-refractivity contribution in [3.05, 3.63) is 42.6 Å². The van der Waals surface area contributed by atoms with Crippen molar-refractivity contribution in [3.8, 4) is 11.1 Å². The summed E-state index contributed by atoms with van der Waals surface area (Å²) in [5.74, 6) is 1.49. The van der Waals surface area contributed by atoms with Crippen LogP contribution in [0.4, 0.5) is 5.82 Å². The Hall–Kier alpha value is -3.37. The minimum absolute atomic E-state index is 0.0128. The average Bonchev–Trinajstić information content (AvgIpc) is 3.61. The Morgan fingerprint density at radius 3 is 2.58 bits per heavy atom. The Kier molecular flexibility index (Phi) is 7.80. The molecule has 1 unspecified atom stereocenters. The van der Waals surface area contributed by atoms with Crippen LogP contribution < -0.4 is 5.32 Å². The summed E-state index contributed by atoms with van der Waals surface area (Å²) in [6.07, 6.45) is 12.9. The molecule has 3 aliphatic rings. The molecule has 3 fully saturated rings.